The first-order valence-electron chi connectivity index (χ1n) is 6.94. The van der Waals surface area contributed by atoms with Gasteiger partial charge in [-0.2, -0.15) is 0 Å². The number of hydrogen-bond acceptors (Lipinski definition) is 0. The Kier molecular flexibility index (Phi) is 2.90. The SMILES string of the molecule is CC1CC(C)C2C(C)C(C)CCC2(C)C1. The smallest absolute Gasteiger partial charge is 0.0290 e. The van der Waals surface area contributed by atoms with E-state index in [4.69, 9.17) is 0 Å². The highest BCUT2D eigenvalue weighted by Gasteiger charge is 2.48. The van der Waals surface area contributed by atoms with Gasteiger partial charge in [-0.15, -0.1) is 0 Å². The van der Waals surface area contributed by atoms with Crippen LogP contribution in [-0.4, -0.2) is 0 Å². The zero-order valence-electron chi connectivity index (χ0n) is 11.2. The Balaban J connectivity index is 2.23. The first-order valence-corrected chi connectivity index (χ1v) is 6.94. The second-order valence-corrected chi connectivity index (χ2v) is 7.08. The molecule has 88 valence electrons. The van der Waals surface area contributed by atoms with Gasteiger partial charge >= 0.3 is 0 Å². The van der Waals surface area contributed by atoms with Crippen molar-refractivity contribution in [2.45, 2.75) is 60.3 Å². The fraction of sp³-hybridized carbons (Fsp3) is 1.00. The molecule has 0 aliphatic heterocycles. The van der Waals surface area contributed by atoms with Crippen molar-refractivity contribution in [1.29, 1.82) is 0 Å². The summed E-state index contributed by atoms with van der Waals surface area (Å²) < 4.78 is 0. The van der Waals surface area contributed by atoms with E-state index in [1.54, 1.807) is 0 Å². The number of fused-ring (bicyclic) bond motifs is 1. The third-order valence-electron chi connectivity index (χ3n) is 5.64. The van der Waals surface area contributed by atoms with Crippen molar-refractivity contribution in [3.05, 3.63) is 0 Å². The van der Waals surface area contributed by atoms with E-state index >= 15 is 0 Å². The second-order valence-electron chi connectivity index (χ2n) is 7.08. The van der Waals surface area contributed by atoms with E-state index in [0.29, 0.717) is 5.41 Å². The highest BCUT2D eigenvalue weighted by atomic mass is 14.5. The monoisotopic (exact) mass is 208 g/mol. The third kappa shape index (κ3) is 1.85. The molecule has 2 fully saturated rings. The van der Waals surface area contributed by atoms with E-state index in [1.807, 2.05) is 0 Å². The molecule has 6 unspecified atom stereocenters. The van der Waals surface area contributed by atoms with Crippen molar-refractivity contribution in [1.82, 2.24) is 0 Å². The number of rotatable bonds is 0. The van der Waals surface area contributed by atoms with E-state index in [1.165, 1.54) is 25.7 Å². The molecule has 0 spiro atoms. The first kappa shape index (κ1) is 11.5. The molecule has 0 heterocycles. The highest BCUT2D eigenvalue weighted by Crippen LogP contribution is 2.57. The minimum absolute atomic E-state index is 0.670. The molecule has 0 aromatic rings. The third-order valence-corrected chi connectivity index (χ3v) is 5.64. The molecule has 0 radical (unpaired) electrons. The summed E-state index contributed by atoms with van der Waals surface area (Å²) in [6.07, 6.45) is 5.90. The normalized spacial score (nSPS) is 56.2. The largest absolute Gasteiger partial charge is 0.0625 e. The quantitative estimate of drug-likeness (QED) is 0.539. The van der Waals surface area contributed by atoms with Crippen LogP contribution < -0.4 is 0 Å². The topological polar surface area (TPSA) is 0 Å². The molecular weight excluding hydrogens is 180 g/mol. The van der Waals surface area contributed by atoms with Gasteiger partial charge in [0.05, 0.1) is 0 Å². The Morgan fingerprint density at radius 2 is 1.67 bits per heavy atom. The maximum absolute atomic E-state index is 2.58. The fourth-order valence-electron chi connectivity index (χ4n) is 5.08. The maximum atomic E-state index is 2.58. The van der Waals surface area contributed by atoms with E-state index in [2.05, 4.69) is 34.6 Å². The van der Waals surface area contributed by atoms with Crippen molar-refractivity contribution in [2.24, 2.45) is 35.0 Å². The molecule has 0 aromatic heterocycles. The number of hydrogen-bond donors (Lipinski definition) is 0. The Bertz CT molecular complexity index is 232. The van der Waals surface area contributed by atoms with Gasteiger partial charge in [-0.05, 0) is 60.7 Å². The Labute approximate surface area is 95.8 Å². The predicted molar refractivity (Wildman–Crippen MR) is 66.7 cm³/mol. The van der Waals surface area contributed by atoms with Crippen LogP contribution in [0.2, 0.25) is 0 Å². The molecule has 0 heteroatoms. The molecule has 15 heavy (non-hydrogen) atoms. The van der Waals surface area contributed by atoms with Crippen LogP contribution in [0.3, 0.4) is 0 Å². The van der Waals surface area contributed by atoms with Crippen molar-refractivity contribution in [3.63, 3.8) is 0 Å². The lowest BCUT2D eigenvalue weighted by molar-refractivity contribution is -0.0571. The zero-order valence-corrected chi connectivity index (χ0v) is 11.2. The van der Waals surface area contributed by atoms with Gasteiger partial charge in [-0.1, -0.05) is 34.6 Å². The lowest BCUT2D eigenvalue weighted by Crippen LogP contribution is -2.47. The zero-order chi connectivity index (χ0) is 11.2. The van der Waals surface area contributed by atoms with Crippen LogP contribution in [0.25, 0.3) is 0 Å². The molecule has 0 nitrogen and oxygen atoms in total. The van der Waals surface area contributed by atoms with Crippen LogP contribution in [0.1, 0.15) is 60.3 Å². The van der Waals surface area contributed by atoms with Crippen molar-refractivity contribution in [3.8, 4) is 0 Å². The lowest BCUT2D eigenvalue weighted by atomic mass is 9.50. The molecule has 2 aliphatic rings. The van der Waals surface area contributed by atoms with Crippen LogP contribution in [-0.2, 0) is 0 Å². The van der Waals surface area contributed by atoms with Gasteiger partial charge < -0.3 is 0 Å². The average molecular weight is 208 g/mol. The van der Waals surface area contributed by atoms with Crippen LogP contribution >= 0.6 is 0 Å². The van der Waals surface area contributed by atoms with E-state index in [0.717, 1.165) is 29.6 Å². The van der Waals surface area contributed by atoms with Crippen LogP contribution in [0.15, 0.2) is 0 Å². The summed E-state index contributed by atoms with van der Waals surface area (Å²) in [6.45, 7) is 12.5. The molecule has 0 amide bonds. The van der Waals surface area contributed by atoms with Crippen molar-refractivity contribution >= 4 is 0 Å². The minimum atomic E-state index is 0.670. The summed E-state index contributed by atoms with van der Waals surface area (Å²) in [5.74, 6) is 4.82. The second kappa shape index (κ2) is 3.79. The summed E-state index contributed by atoms with van der Waals surface area (Å²) >= 11 is 0. The molecule has 0 bridgehead atoms. The van der Waals surface area contributed by atoms with Gasteiger partial charge in [0.15, 0.2) is 0 Å². The Morgan fingerprint density at radius 3 is 2.33 bits per heavy atom. The molecular formula is C15H28. The minimum Gasteiger partial charge on any atom is -0.0625 e. The van der Waals surface area contributed by atoms with Crippen molar-refractivity contribution in [2.75, 3.05) is 0 Å². The Morgan fingerprint density at radius 1 is 1.00 bits per heavy atom. The highest BCUT2D eigenvalue weighted by molar-refractivity contribution is 4.98. The maximum Gasteiger partial charge on any atom is -0.0290 e. The van der Waals surface area contributed by atoms with Gasteiger partial charge in [0.1, 0.15) is 0 Å². The summed E-state index contributed by atoms with van der Waals surface area (Å²) in [6, 6.07) is 0. The van der Waals surface area contributed by atoms with E-state index in [9.17, 15) is 0 Å². The molecule has 0 saturated heterocycles. The van der Waals surface area contributed by atoms with Gasteiger partial charge in [0.25, 0.3) is 0 Å². The molecule has 0 N–H and O–H groups in total. The molecule has 2 saturated carbocycles. The Hall–Kier alpha value is 0. The summed E-state index contributed by atoms with van der Waals surface area (Å²) in [5, 5.41) is 0. The molecule has 2 aliphatic carbocycles. The lowest BCUT2D eigenvalue weighted by Gasteiger charge is -2.55. The van der Waals surface area contributed by atoms with Gasteiger partial charge in [-0.25, -0.2) is 0 Å². The van der Waals surface area contributed by atoms with E-state index in [-0.39, 0.29) is 0 Å². The van der Waals surface area contributed by atoms with Crippen LogP contribution in [0.4, 0.5) is 0 Å². The molecule has 2 rings (SSSR count). The summed E-state index contributed by atoms with van der Waals surface area (Å²) in [7, 11) is 0. The summed E-state index contributed by atoms with van der Waals surface area (Å²) in [4.78, 5) is 0. The summed E-state index contributed by atoms with van der Waals surface area (Å²) in [5.41, 5.74) is 0.670. The van der Waals surface area contributed by atoms with Crippen LogP contribution in [0, 0.1) is 35.0 Å². The van der Waals surface area contributed by atoms with E-state index < -0.39 is 0 Å². The van der Waals surface area contributed by atoms with Gasteiger partial charge in [0, 0.05) is 0 Å². The standard InChI is InChI=1S/C15H28/c1-10-8-12(3)14-13(4)11(2)6-7-15(14,5)9-10/h10-14H,6-9H2,1-5H3. The average Bonchev–Trinajstić information content (AvgIpc) is 2.10. The molecule has 0 aromatic carbocycles. The van der Waals surface area contributed by atoms with Gasteiger partial charge in [-0.3, -0.25) is 0 Å². The fourth-order valence-corrected chi connectivity index (χ4v) is 5.08. The van der Waals surface area contributed by atoms with Crippen LogP contribution in [0.5, 0.6) is 0 Å². The van der Waals surface area contributed by atoms with Crippen molar-refractivity contribution < 1.29 is 0 Å². The molecule has 6 atom stereocenters. The first-order chi connectivity index (χ1) is 6.94. The predicted octanol–water partition coefficient (Wildman–Crippen LogP) is 4.74. The van der Waals surface area contributed by atoms with Gasteiger partial charge in [0.2, 0.25) is 0 Å².